The highest BCUT2D eigenvalue weighted by Crippen LogP contribution is 2.43. The van der Waals surface area contributed by atoms with Crippen LogP contribution in [0.15, 0.2) is 170 Å². The fourth-order valence-corrected chi connectivity index (χ4v) is 10.5. The Morgan fingerprint density at radius 2 is 0.760 bits per heavy atom. The molecule has 0 heteroatoms. The van der Waals surface area contributed by atoms with Crippen LogP contribution in [0.3, 0.4) is 0 Å². The van der Waals surface area contributed by atoms with Crippen LogP contribution in [0.5, 0.6) is 0 Å². The van der Waals surface area contributed by atoms with Crippen LogP contribution in [0.1, 0.15) is 312 Å². The van der Waals surface area contributed by atoms with E-state index in [9.17, 15) is 0 Å². The summed E-state index contributed by atoms with van der Waals surface area (Å²) in [5, 5.41) is 0. The van der Waals surface area contributed by atoms with Crippen LogP contribution in [0, 0.1) is 105 Å². The molecule has 0 saturated heterocycles. The first-order valence-electron chi connectivity index (χ1n) is 40.4. The number of hydrogen-bond donors (Lipinski definition) is 0. The summed E-state index contributed by atoms with van der Waals surface area (Å²) in [5.74, 6) is 1.59. The minimum Gasteiger partial charge on any atom is -0.0651 e. The van der Waals surface area contributed by atoms with Crippen molar-refractivity contribution in [2.75, 3.05) is 0 Å². The number of rotatable bonds is 7. The van der Waals surface area contributed by atoms with Crippen LogP contribution in [-0.4, -0.2) is 0 Å². The van der Waals surface area contributed by atoms with Crippen LogP contribution in [0.2, 0.25) is 0 Å². The van der Waals surface area contributed by atoms with E-state index in [1.165, 1.54) is 114 Å². The summed E-state index contributed by atoms with van der Waals surface area (Å²) >= 11 is 0. The number of benzene rings is 8. The van der Waals surface area contributed by atoms with Gasteiger partial charge in [-0.15, -0.1) is 0 Å². The fraction of sp³-hybridized carbons (Fsp3) is 0.500. The molecule has 0 heterocycles. The van der Waals surface area contributed by atoms with Gasteiger partial charge in [0.05, 0.1) is 0 Å². The van der Waals surface area contributed by atoms with Gasteiger partial charge in [-0.25, -0.2) is 0 Å². The van der Waals surface area contributed by atoms with Crippen LogP contribution >= 0.6 is 0 Å². The van der Waals surface area contributed by atoms with Crippen molar-refractivity contribution >= 4 is 0 Å². The molecule has 2 aliphatic rings. The van der Waals surface area contributed by atoms with Gasteiger partial charge in [-0.1, -0.05) is 360 Å². The van der Waals surface area contributed by atoms with Gasteiger partial charge in [-0.2, -0.15) is 0 Å². The third kappa shape index (κ3) is 34.8. The van der Waals surface area contributed by atoms with Gasteiger partial charge in [0.25, 0.3) is 0 Å². The standard InChI is InChI=1S/C19H16.C16H24.C16H26.2C9H12.C8H10.C7H14.2C6H14/c1-15-7-9-17(10-8-15)19-13-11-18(12-14-19)16-5-3-2-4-6-16;1-12-5-6-15(11-13(12)2)14-7-9-16(3,4)10-8-14;1-10(2)14-8-15(11(3)4)13(7)16(9-14)12(5)6;2*1-7-4-5-8(2)9(3)6-7;1-7-3-5-8(2)6-4-7;1-2-7-5-3-4-6-7;2*1-5-6(2,3)4/h2-14H,1H3;5-6,11,14H,7-10H2,1-4H3;8-12H,1-7H3;2*4-6H,1-3H3;3-6H,1-2H3;7H,2-6H2,1H3;2*5H2,1-4H3/i;2D3,14D;;;;;2D2;5D2;. The predicted octanol–water partition coefficient (Wildman–Crippen LogP) is 30.7. The molecule has 0 radical (unpaired) electrons. The van der Waals surface area contributed by atoms with Crippen LogP contribution in [-0.2, 0) is 0 Å². The third-order valence-electron chi connectivity index (χ3n) is 18.8. The fourth-order valence-electron chi connectivity index (χ4n) is 10.5. The Morgan fingerprint density at radius 3 is 1.07 bits per heavy atom. The Morgan fingerprint density at radius 1 is 0.417 bits per heavy atom. The van der Waals surface area contributed by atoms with Crippen molar-refractivity contribution in [2.24, 2.45) is 22.2 Å². The molecular formula is C96H142. The maximum atomic E-state index is 8.73. The van der Waals surface area contributed by atoms with Gasteiger partial charge in [0.15, 0.2) is 0 Å². The van der Waals surface area contributed by atoms with Gasteiger partial charge in [0.1, 0.15) is 0 Å². The first kappa shape index (κ1) is 72.5. The molecule has 0 N–H and O–H groups in total. The summed E-state index contributed by atoms with van der Waals surface area (Å²) in [5.41, 5.74) is 25.9. The van der Waals surface area contributed by atoms with E-state index in [1.54, 1.807) is 19.9 Å². The predicted molar refractivity (Wildman–Crippen MR) is 435 cm³/mol. The molecule has 10 rings (SSSR count). The molecule has 0 nitrogen and oxygen atoms in total. The SMILES string of the molecule is CCC(C)(C)C.Cc1c(C(C)C)cc(C(C)C)cc1C(C)C.Cc1ccc(-c2ccc(-c3ccccc3)cc2)cc1.Cc1ccc(C)c(C)c1.Cc1ccc(C)c(C)c1.Cc1ccc(C)cc1.[2H]C([2H])(C)C(C)(C)C.[2H]C([2H])(C)C1CCCC1.[2H]C([2H])([2H])c1cc(C2([2H])CCC(C)(C)CC2)ccc1C. The van der Waals surface area contributed by atoms with Crippen molar-refractivity contribution < 1.29 is 11.0 Å². The molecule has 2 aliphatic carbocycles. The monoisotopic (exact) mass is 1300 g/mol. The Hall–Kier alpha value is -6.24. The zero-order valence-corrected chi connectivity index (χ0v) is 66.3. The van der Waals surface area contributed by atoms with Gasteiger partial charge in [0, 0.05) is 11.0 Å². The second-order valence-corrected chi connectivity index (χ2v) is 31.4. The maximum Gasteiger partial charge on any atom is 0.0352 e. The molecule has 2 saturated carbocycles. The van der Waals surface area contributed by atoms with Gasteiger partial charge in [-0.05, 0) is 238 Å². The van der Waals surface area contributed by atoms with E-state index in [4.69, 9.17) is 11.0 Å². The molecule has 96 heavy (non-hydrogen) atoms. The highest BCUT2D eigenvalue weighted by atomic mass is 14.3. The molecule has 0 aromatic heterocycles. The Kier molecular flexibility index (Phi) is 32.6. The Labute approximate surface area is 606 Å². The molecule has 0 atom stereocenters. The minimum absolute atomic E-state index is 0.229. The average Bonchev–Trinajstić information content (AvgIpc) is 0.840. The van der Waals surface area contributed by atoms with Crippen molar-refractivity contribution in [3.05, 3.63) is 259 Å². The van der Waals surface area contributed by atoms with E-state index in [0.717, 1.165) is 49.7 Å². The van der Waals surface area contributed by atoms with Crippen LogP contribution < -0.4 is 0 Å². The lowest BCUT2D eigenvalue weighted by atomic mass is 9.71. The zero-order chi connectivity index (χ0) is 79.5. The normalized spacial score (nSPS) is 15.3. The summed E-state index contributed by atoms with van der Waals surface area (Å²) in [6, 6.07) is 59.7. The van der Waals surface area contributed by atoms with E-state index in [1.807, 2.05) is 45.9 Å². The van der Waals surface area contributed by atoms with Crippen molar-refractivity contribution in [1.82, 2.24) is 0 Å². The quantitative estimate of drug-likeness (QED) is 0.149. The topological polar surface area (TPSA) is 0 Å². The number of hydrogen-bond acceptors (Lipinski definition) is 0. The summed E-state index contributed by atoms with van der Waals surface area (Å²) in [6.45, 7) is 57.2. The lowest BCUT2D eigenvalue weighted by molar-refractivity contribution is 0.224. The van der Waals surface area contributed by atoms with Gasteiger partial charge >= 0.3 is 0 Å². The Balaban J connectivity index is 0.000000410. The van der Waals surface area contributed by atoms with Gasteiger partial charge < -0.3 is 0 Å². The van der Waals surface area contributed by atoms with Crippen molar-refractivity contribution in [3.8, 4) is 22.3 Å². The van der Waals surface area contributed by atoms with Crippen LogP contribution in [0.4, 0.5) is 0 Å². The maximum absolute atomic E-state index is 8.73. The highest BCUT2D eigenvalue weighted by molar-refractivity contribution is 5.70. The van der Waals surface area contributed by atoms with Gasteiger partial charge in [-0.3, -0.25) is 0 Å². The zero-order valence-electron chi connectivity index (χ0n) is 74.3. The minimum atomic E-state index is -2.09. The molecule has 0 spiro atoms. The van der Waals surface area contributed by atoms with Crippen LogP contribution in [0.25, 0.3) is 22.3 Å². The van der Waals surface area contributed by atoms with E-state index >= 15 is 0 Å². The van der Waals surface area contributed by atoms with Gasteiger partial charge in [0.2, 0.25) is 0 Å². The summed E-state index contributed by atoms with van der Waals surface area (Å²) in [7, 11) is 0. The molecule has 8 aromatic carbocycles. The average molecular weight is 1300 g/mol. The molecule has 2 fully saturated rings. The molecule has 0 unspecified atom stereocenters. The first-order chi connectivity index (χ1) is 47.8. The second-order valence-electron chi connectivity index (χ2n) is 31.4. The van der Waals surface area contributed by atoms with Crippen molar-refractivity contribution in [2.45, 2.75) is 295 Å². The highest BCUT2D eigenvalue weighted by Gasteiger charge is 2.27. The third-order valence-corrected chi connectivity index (χ3v) is 18.8. The van der Waals surface area contributed by atoms with E-state index in [0.29, 0.717) is 40.1 Å². The molecule has 8 aromatic rings. The summed E-state index contributed by atoms with van der Waals surface area (Å²) in [4.78, 5) is 0. The second kappa shape index (κ2) is 43.2. The molecule has 0 amide bonds. The molecule has 0 bridgehead atoms. The first-order valence-corrected chi connectivity index (χ1v) is 36.4. The summed E-state index contributed by atoms with van der Waals surface area (Å²) < 4.78 is 60.9. The Bertz CT molecular complexity index is 3620. The molecule has 0 aliphatic heterocycles. The lowest BCUT2D eigenvalue weighted by Gasteiger charge is -2.34. The summed E-state index contributed by atoms with van der Waals surface area (Å²) in [6.07, 6.45) is 7.62. The van der Waals surface area contributed by atoms with Crippen molar-refractivity contribution in [1.29, 1.82) is 0 Å². The van der Waals surface area contributed by atoms with Crippen molar-refractivity contribution in [3.63, 3.8) is 0 Å². The number of aryl methyl sites for hydroxylation is 11. The smallest absolute Gasteiger partial charge is 0.0352 e. The molecular weight excluding hydrogens is 1150 g/mol. The molecule has 526 valence electrons. The lowest BCUT2D eigenvalue weighted by Crippen LogP contribution is -2.20. The van der Waals surface area contributed by atoms with E-state index in [-0.39, 0.29) is 5.41 Å². The van der Waals surface area contributed by atoms with E-state index < -0.39 is 25.5 Å². The van der Waals surface area contributed by atoms with E-state index in [2.05, 4.69) is 298 Å². The largest absolute Gasteiger partial charge is 0.0651 e.